The first-order valence-corrected chi connectivity index (χ1v) is 8.03. The number of rotatable bonds is 10. The first-order valence-electron chi connectivity index (χ1n) is 6.10. The maximum Gasteiger partial charge on any atom is 0.502 e. The van der Waals surface area contributed by atoms with Crippen molar-refractivity contribution in [1.82, 2.24) is 0 Å². The number of epoxide rings is 1. The van der Waals surface area contributed by atoms with Crippen LogP contribution in [-0.4, -0.2) is 55.6 Å². The van der Waals surface area contributed by atoms with Gasteiger partial charge in [0.15, 0.2) is 0 Å². The zero-order chi connectivity index (χ0) is 12.7. The van der Waals surface area contributed by atoms with Gasteiger partial charge in [-0.05, 0) is 12.8 Å². The van der Waals surface area contributed by atoms with Crippen LogP contribution >= 0.6 is 0 Å². The maximum atomic E-state index is 5.55. The summed E-state index contributed by atoms with van der Waals surface area (Å²) in [5, 5.41) is 0. The van der Waals surface area contributed by atoms with Crippen molar-refractivity contribution in [2.24, 2.45) is 0 Å². The molecule has 0 aromatic carbocycles. The Labute approximate surface area is 105 Å². The standard InChI is InChI=1S/C11H24O5Si/c1-5-10-11(16-10)6-7-15-8-9-17(12-2,13-3)14-4/h10-11H,5-9H2,1-4H3. The van der Waals surface area contributed by atoms with E-state index in [2.05, 4.69) is 6.92 Å². The summed E-state index contributed by atoms with van der Waals surface area (Å²) in [6, 6.07) is 0.680. The van der Waals surface area contributed by atoms with Crippen LogP contribution in [0.5, 0.6) is 0 Å². The van der Waals surface area contributed by atoms with Gasteiger partial charge in [0.1, 0.15) is 0 Å². The third kappa shape index (κ3) is 4.65. The SMILES string of the molecule is CCC1OC1CCOCC[Si](OC)(OC)OC. The van der Waals surface area contributed by atoms with Crippen LogP contribution in [-0.2, 0) is 22.8 Å². The number of ether oxygens (including phenoxy) is 2. The Morgan fingerprint density at radius 2 is 1.65 bits per heavy atom. The minimum absolute atomic E-state index is 0.411. The van der Waals surface area contributed by atoms with Gasteiger partial charge in [0.05, 0.1) is 18.8 Å². The summed E-state index contributed by atoms with van der Waals surface area (Å²) in [5.41, 5.74) is 0. The van der Waals surface area contributed by atoms with Crippen molar-refractivity contribution >= 4 is 8.80 Å². The third-order valence-corrected chi connectivity index (χ3v) is 5.80. The summed E-state index contributed by atoms with van der Waals surface area (Å²) in [5.74, 6) is 0. The van der Waals surface area contributed by atoms with E-state index in [1.807, 2.05) is 0 Å². The highest BCUT2D eigenvalue weighted by Gasteiger charge is 2.38. The lowest BCUT2D eigenvalue weighted by Gasteiger charge is -2.24. The molecule has 0 amide bonds. The first kappa shape index (κ1) is 15.1. The van der Waals surface area contributed by atoms with Crippen molar-refractivity contribution in [3.8, 4) is 0 Å². The maximum absolute atomic E-state index is 5.55. The molecule has 0 aromatic rings. The third-order valence-electron chi connectivity index (χ3n) is 3.12. The van der Waals surface area contributed by atoms with Gasteiger partial charge < -0.3 is 22.8 Å². The molecule has 2 atom stereocenters. The van der Waals surface area contributed by atoms with Crippen LogP contribution in [0.4, 0.5) is 0 Å². The lowest BCUT2D eigenvalue weighted by atomic mass is 10.2. The van der Waals surface area contributed by atoms with E-state index in [0.29, 0.717) is 24.9 Å². The minimum Gasteiger partial charge on any atom is -0.381 e. The quantitative estimate of drug-likeness (QED) is 0.339. The molecule has 0 aromatic heterocycles. The molecule has 1 aliphatic rings. The second-order valence-corrected chi connectivity index (χ2v) is 7.16. The smallest absolute Gasteiger partial charge is 0.381 e. The molecule has 0 bridgehead atoms. The van der Waals surface area contributed by atoms with Crippen LogP contribution in [0.25, 0.3) is 0 Å². The van der Waals surface area contributed by atoms with Crippen molar-refractivity contribution in [3.05, 3.63) is 0 Å². The normalized spacial score (nSPS) is 24.0. The van der Waals surface area contributed by atoms with Gasteiger partial charge in [0.2, 0.25) is 0 Å². The van der Waals surface area contributed by atoms with Crippen molar-refractivity contribution in [3.63, 3.8) is 0 Å². The summed E-state index contributed by atoms with van der Waals surface area (Å²) >= 11 is 0. The topological polar surface area (TPSA) is 49.5 Å². The summed E-state index contributed by atoms with van der Waals surface area (Å²) < 4.78 is 26.9. The lowest BCUT2D eigenvalue weighted by molar-refractivity contribution is 0.0927. The Balaban J connectivity index is 2.03. The van der Waals surface area contributed by atoms with E-state index >= 15 is 0 Å². The highest BCUT2D eigenvalue weighted by atomic mass is 28.4. The van der Waals surface area contributed by atoms with Crippen LogP contribution in [0.2, 0.25) is 6.04 Å². The minimum atomic E-state index is -2.46. The van der Waals surface area contributed by atoms with Gasteiger partial charge >= 0.3 is 8.80 Å². The monoisotopic (exact) mass is 264 g/mol. The Morgan fingerprint density at radius 3 is 2.12 bits per heavy atom. The van der Waals surface area contributed by atoms with E-state index in [-0.39, 0.29) is 0 Å². The fourth-order valence-corrected chi connectivity index (χ4v) is 3.35. The zero-order valence-corrected chi connectivity index (χ0v) is 12.2. The molecular weight excluding hydrogens is 240 g/mol. The Morgan fingerprint density at radius 1 is 1.00 bits per heavy atom. The van der Waals surface area contributed by atoms with E-state index in [9.17, 15) is 0 Å². The Hall–Kier alpha value is 0.0169. The summed E-state index contributed by atoms with van der Waals surface area (Å²) in [7, 11) is 2.39. The predicted octanol–water partition coefficient (Wildman–Crippen LogP) is 1.45. The molecule has 5 nitrogen and oxygen atoms in total. The average Bonchev–Trinajstić information content (AvgIpc) is 3.13. The van der Waals surface area contributed by atoms with Crippen LogP contribution < -0.4 is 0 Å². The second-order valence-electron chi connectivity index (χ2n) is 4.07. The molecule has 1 fully saturated rings. The fraction of sp³-hybridized carbons (Fsp3) is 1.00. The average molecular weight is 264 g/mol. The molecule has 0 saturated carbocycles. The van der Waals surface area contributed by atoms with Crippen LogP contribution in [0, 0.1) is 0 Å². The lowest BCUT2D eigenvalue weighted by Crippen LogP contribution is -2.43. The molecule has 0 radical (unpaired) electrons. The van der Waals surface area contributed by atoms with Gasteiger partial charge in [-0.2, -0.15) is 0 Å². The van der Waals surface area contributed by atoms with Crippen molar-refractivity contribution in [2.45, 2.75) is 38.0 Å². The molecule has 0 aliphatic carbocycles. The van der Waals surface area contributed by atoms with E-state index in [0.717, 1.165) is 19.4 Å². The summed E-state index contributed by atoms with van der Waals surface area (Å²) in [4.78, 5) is 0. The van der Waals surface area contributed by atoms with Gasteiger partial charge in [-0.15, -0.1) is 0 Å². The molecular formula is C11H24O5Si. The Kier molecular flexibility index (Phi) is 6.61. The molecule has 0 spiro atoms. The highest BCUT2D eigenvalue weighted by molar-refractivity contribution is 6.60. The molecule has 102 valence electrons. The van der Waals surface area contributed by atoms with Gasteiger partial charge in [-0.3, -0.25) is 0 Å². The van der Waals surface area contributed by atoms with Crippen molar-refractivity contribution < 1.29 is 22.8 Å². The van der Waals surface area contributed by atoms with E-state index in [1.54, 1.807) is 21.3 Å². The fourth-order valence-electron chi connectivity index (χ4n) is 1.85. The number of hydrogen-bond acceptors (Lipinski definition) is 5. The van der Waals surface area contributed by atoms with Gasteiger partial charge in [-0.25, -0.2) is 0 Å². The molecule has 1 saturated heterocycles. The molecule has 17 heavy (non-hydrogen) atoms. The predicted molar refractivity (Wildman–Crippen MR) is 66.0 cm³/mol. The second kappa shape index (κ2) is 7.45. The van der Waals surface area contributed by atoms with Crippen molar-refractivity contribution in [2.75, 3.05) is 34.5 Å². The van der Waals surface area contributed by atoms with Crippen LogP contribution in [0.15, 0.2) is 0 Å². The molecule has 0 N–H and O–H groups in total. The first-order chi connectivity index (χ1) is 8.21. The van der Waals surface area contributed by atoms with Crippen molar-refractivity contribution in [1.29, 1.82) is 0 Å². The highest BCUT2D eigenvalue weighted by Crippen LogP contribution is 2.27. The largest absolute Gasteiger partial charge is 0.502 e. The van der Waals surface area contributed by atoms with Crippen LogP contribution in [0.1, 0.15) is 19.8 Å². The molecule has 1 aliphatic heterocycles. The van der Waals surface area contributed by atoms with E-state index in [4.69, 9.17) is 22.8 Å². The van der Waals surface area contributed by atoms with Gasteiger partial charge in [0.25, 0.3) is 0 Å². The number of hydrogen-bond donors (Lipinski definition) is 0. The molecule has 2 unspecified atom stereocenters. The van der Waals surface area contributed by atoms with Gasteiger partial charge in [0, 0.05) is 34.0 Å². The molecule has 1 rings (SSSR count). The van der Waals surface area contributed by atoms with Gasteiger partial charge in [-0.1, -0.05) is 6.92 Å². The van der Waals surface area contributed by atoms with Crippen LogP contribution in [0.3, 0.4) is 0 Å². The van der Waals surface area contributed by atoms with E-state index in [1.165, 1.54) is 0 Å². The molecule has 1 heterocycles. The zero-order valence-electron chi connectivity index (χ0n) is 11.2. The summed E-state index contributed by atoms with van der Waals surface area (Å²) in [6.45, 7) is 3.47. The summed E-state index contributed by atoms with van der Waals surface area (Å²) in [6.07, 6.45) is 2.94. The molecule has 6 heteroatoms. The Bertz CT molecular complexity index is 202. The van der Waals surface area contributed by atoms with E-state index < -0.39 is 8.80 Å².